The Hall–Kier alpha value is -3.92. The highest BCUT2D eigenvalue weighted by Crippen LogP contribution is 2.42. The number of nitrogens with one attached hydrogen (secondary N) is 2. The third kappa shape index (κ3) is 3.70. The molecule has 1 aromatic carbocycles. The average Bonchev–Trinajstić information content (AvgIpc) is 3.54. The molecule has 1 amide bonds. The zero-order valence-corrected chi connectivity index (χ0v) is 19.3. The highest BCUT2D eigenvalue weighted by atomic mass is 16.3. The Balaban J connectivity index is 1.43. The van der Waals surface area contributed by atoms with E-state index in [1.807, 2.05) is 10.6 Å². The van der Waals surface area contributed by atoms with E-state index in [1.54, 1.807) is 43.1 Å². The lowest BCUT2D eigenvalue weighted by molar-refractivity contribution is -0.114. The van der Waals surface area contributed by atoms with Gasteiger partial charge in [0, 0.05) is 37.2 Å². The van der Waals surface area contributed by atoms with E-state index in [-0.39, 0.29) is 17.5 Å². The molecule has 2 bridgehead atoms. The summed E-state index contributed by atoms with van der Waals surface area (Å²) in [6.07, 6.45) is 9.20. The Bertz CT molecular complexity index is 1500. The van der Waals surface area contributed by atoms with Crippen LogP contribution in [-0.2, 0) is 11.3 Å². The van der Waals surface area contributed by atoms with Crippen molar-refractivity contribution < 1.29 is 9.21 Å². The zero-order valence-electron chi connectivity index (χ0n) is 19.3. The molecule has 2 aliphatic rings. The van der Waals surface area contributed by atoms with E-state index in [0.29, 0.717) is 29.1 Å². The molecule has 2 N–H and O–H groups in total. The molecule has 5 heterocycles. The fraction of sp³-hybridized carbons (Fsp3) is 0.360. The second-order valence-corrected chi connectivity index (χ2v) is 9.43. The molecule has 4 aromatic rings. The van der Waals surface area contributed by atoms with Gasteiger partial charge in [-0.05, 0) is 43.9 Å². The smallest absolute Gasteiger partial charge is 0.334 e. The number of amides is 1. The summed E-state index contributed by atoms with van der Waals surface area (Å²) in [5.74, 6) is -0.249. The van der Waals surface area contributed by atoms with E-state index < -0.39 is 11.2 Å². The van der Waals surface area contributed by atoms with Crippen LogP contribution in [0.3, 0.4) is 0 Å². The first-order valence-corrected chi connectivity index (χ1v) is 11.9. The number of anilines is 1. The summed E-state index contributed by atoms with van der Waals surface area (Å²) in [6.45, 7) is 2.27. The van der Waals surface area contributed by atoms with Gasteiger partial charge in [-0.1, -0.05) is 12.1 Å². The van der Waals surface area contributed by atoms with Crippen LogP contribution in [0, 0.1) is 0 Å². The quantitative estimate of drug-likeness (QED) is 0.459. The van der Waals surface area contributed by atoms with Gasteiger partial charge in [0.15, 0.2) is 11.2 Å². The predicted molar refractivity (Wildman–Crippen MR) is 130 cm³/mol. The molecular weight excluding hydrogens is 448 g/mol. The van der Waals surface area contributed by atoms with E-state index >= 15 is 0 Å². The molecule has 0 radical (unpaired) electrons. The highest BCUT2D eigenvalue weighted by molar-refractivity contribution is 5.91. The van der Waals surface area contributed by atoms with Crippen LogP contribution in [0.1, 0.15) is 44.2 Å². The first-order valence-electron chi connectivity index (χ1n) is 11.9. The Morgan fingerprint density at radius 2 is 1.91 bits per heavy atom. The van der Waals surface area contributed by atoms with Crippen molar-refractivity contribution in [2.24, 2.45) is 0 Å². The van der Waals surface area contributed by atoms with Crippen molar-refractivity contribution in [3.8, 4) is 5.69 Å². The molecule has 0 saturated carbocycles. The van der Waals surface area contributed by atoms with Gasteiger partial charge in [0.25, 0.3) is 5.56 Å². The van der Waals surface area contributed by atoms with Gasteiger partial charge in [-0.3, -0.25) is 19.5 Å². The lowest BCUT2D eigenvalue weighted by atomic mass is 9.96. The largest absolute Gasteiger partial charge is 0.472 e. The SMILES string of the molecule is CC(=O)Nc1ccccc1-n1c(=O)[nH]c(=O)c2ncn(C3CC4CCC(C3)N4Cc3ccoc3)c21. The number of piperidine rings is 1. The average molecular weight is 475 g/mol. The number of hydrogen-bond donors (Lipinski definition) is 2. The summed E-state index contributed by atoms with van der Waals surface area (Å²) in [6, 6.07) is 9.96. The maximum absolute atomic E-state index is 13.1. The number of rotatable bonds is 5. The summed E-state index contributed by atoms with van der Waals surface area (Å²) in [7, 11) is 0. The Kier molecular flexibility index (Phi) is 5.18. The minimum atomic E-state index is -0.567. The fourth-order valence-corrected chi connectivity index (χ4v) is 5.82. The first kappa shape index (κ1) is 21.6. The van der Waals surface area contributed by atoms with E-state index in [4.69, 9.17) is 4.42 Å². The van der Waals surface area contributed by atoms with Gasteiger partial charge in [-0.15, -0.1) is 0 Å². The number of imidazole rings is 1. The molecule has 2 atom stereocenters. The van der Waals surface area contributed by atoms with Gasteiger partial charge < -0.3 is 14.3 Å². The minimum absolute atomic E-state index is 0.0958. The summed E-state index contributed by atoms with van der Waals surface area (Å²) in [5.41, 5.74) is 1.71. The number of para-hydroxylation sites is 2. The van der Waals surface area contributed by atoms with Crippen molar-refractivity contribution in [3.63, 3.8) is 0 Å². The van der Waals surface area contributed by atoms with Crippen LogP contribution in [0.2, 0.25) is 0 Å². The van der Waals surface area contributed by atoms with Gasteiger partial charge in [0.2, 0.25) is 5.91 Å². The Morgan fingerprint density at radius 3 is 2.63 bits per heavy atom. The standard InChI is InChI=1S/C25H26N6O4/c1-15(32)27-20-4-2-3-5-21(20)31-24-22(23(33)28-25(31)34)26-14-30(24)19-10-17-6-7-18(11-19)29(17)12-16-8-9-35-13-16/h2-5,8-9,13-14,17-19H,6-7,10-12H2,1H3,(H,27,32)(H,28,33,34). The predicted octanol–water partition coefficient (Wildman–Crippen LogP) is 2.79. The van der Waals surface area contributed by atoms with Crippen LogP contribution in [0.5, 0.6) is 0 Å². The summed E-state index contributed by atoms with van der Waals surface area (Å²) >= 11 is 0. The maximum atomic E-state index is 13.1. The van der Waals surface area contributed by atoms with Crippen LogP contribution in [0.25, 0.3) is 16.9 Å². The molecule has 6 rings (SSSR count). The van der Waals surface area contributed by atoms with Crippen LogP contribution < -0.4 is 16.6 Å². The number of nitrogens with zero attached hydrogens (tertiary/aromatic N) is 4. The van der Waals surface area contributed by atoms with Crippen molar-refractivity contribution in [1.82, 2.24) is 24.0 Å². The third-order valence-electron chi connectivity index (χ3n) is 7.27. The number of hydrogen-bond acceptors (Lipinski definition) is 6. The Labute approximate surface area is 200 Å². The fourth-order valence-electron chi connectivity index (χ4n) is 5.82. The number of benzene rings is 1. The van der Waals surface area contributed by atoms with Crippen molar-refractivity contribution in [2.75, 3.05) is 5.32 Å². The number of H-pyrrole nitrogens is 1. The summed E-state index contributed by atoms with van der Waals surface area (Å²) in [5, 5.41) is 2.79. The summed E-state index contributed by atoms with van der Waals surface area (Å²) < 4.78 is 8.69. The van der Waals surface area contributed by atoms with E-state index in [0.717, 1.165) is 32.2 Å². The number of carbonyl (C=O) groups is 1. The molecule has 2 aliphatic heterocycles. The van der Waals surface area contributed by atoms with Gasteiger partial charge in [-0.25, -0.2) is 14.3 Å². The van der Waals surface area contributed by atoms with Crippen LogP contribution >= 0.6 is 0 Å². The maximum Gasteiger partial charge on any atom is 0.334 e. The molecule has 10 heteroatoms. The molecule has 3 aromatic heterocycles. The number of fused-ring (bicyclic) bond motifs is 3. The first-order chi connectivity index (χ1) is 17.0. The molecular formula is C25H26N6O4. The second kappa shape index (κ2) is 8.38. The number of carbonyl (C=O) groups excluding carboxylic acids is 1. The topological polar surface area (TPSA) is 118 Å². The summed E-state index contributed by atoms with van der Waals surface area (Å²) in [4.78, 5) is 47.0. The van der Waals surface area contributed by atoms with E-state index in [2.05, 4.69) is 20.2 Å². The number of aromatic amines is 1. The molecule has 2 fully saturated rings. The molecule has 35 heavy (non-hydrogen) atoms. The minimum Gasteiger partial charge on any atom is -0.472 e. The van der Waals surface area contributed by atoms with Crippen LogP contribution in [0.4, 0.5) is 5.69 Å². The van der Waals surface area contributed by atoms with Gasteiger partial charge in [-0.2, -0.15) is 0 Å². The van der Waals surface area contributed by atoms with Crippen LogP contribution in [0.15, 0.2) is 63.2 Å². The van der Waals surface area contributed by atoms with Crippen LogP contribution in [-0.4, -0.2) is 42.0 Å². The van der Waals surface area contributed by atoms with E-state index in [1.165, 1.54) is 17.1 Å². The molecule has 2 unspecified atom stereocenters. The van der Waals surface area contributed by atoms with E-state index in [9.17, 15) is 14.4 Å². The molecule has 0 spiro atoms. The molecule has 10 nitrogen and oxygen atoms in total. The second-order valence-electron chi connectivity index (χ2n) is 9.43. The van der Waals surface area contributed by atoms with Crippen molar-refractivity contribution >= 4 is 22.8 Å². The molecule has 180 valence electrons. The lowest BCUT2D eigenvalue weighted by Gasteiger charge is -2.39. The third-order valence-corrected chi connectivity index (χ3v) is 7.27. The number of furan rings is 1. The zero-order chi connectivity index (χ0) is 24.1. The van der Waals surface area contributed by atoms with Crippen molar-refractivity contribution in [1.29, 1.82) is 0 Å². The Morgan fingerprint density at radius 1 is 1.14 bits per heavy atom. The lowest BCUT2D eigenvalue weighted by Crippen LogP contribution is -2.43. The normalized spacial score (nSPS) is 22.0. The van der Waals surface area contributed by atoms with Gasteiger partial charge in [0.1, 0.15) is 0 Å². The highest BCUT2D eigenvalue weighted by Gasteiger charge is 2.41. The van der Waals surface area contributed by atoms with Crippen molar-refractivity contribution in [3.05, 3.63) is 75.6 Å². The number of aromatic nitrogens is 4. The molecule has 0 aliphatic carbocycles. The van der Waals surface area contributed by atoms with Gasteiger partial charge >= 0.3 is 5.69 Å². The molecule has 2 saturated heterocycles. The monoisotopic (exact) mass is 474 g/mol. The van der Waals surface area contributed by atoms with Crippen molar-refractivity contribution in [2.45, 2.75) is 57.3 Å². The van der Waals surface area contributed by atoms with Gasteiger partial charge in [0.05, 0.1) is 30.2 Å².